The van der Waals surface area contributed by atoms with Crippen LogP contribution in [0.2, 0.25) is 0 Å². The highest BCUT2D eigenvalue weighted by atomic mass is 79.9. The quantitative estimate of drug-likeness (QED) is 0.720. The predicted octanol–water partition coefficient (Wildman–Crippen LogP) is 5.75. The molecule has 0 fully saturated rings. The van der Waals surface area contributed by atoms with Crippen LogP contribution in [0.3, 0.4) is 0 Å². The number of thiophene rings is 1. The Morgan fingerprint density at radius 2 is 1.94 bits per heavy atom. The first kappa shape index (κ1) is 13.1. The molecule has 90 valence electrons. The van der Waals surface area contributed by atoms with E-state index in [1.165, 1.54) is 16.1 Å². The molecule has 2 rings (SSSR count). The van der Waals surface area contributed by atoms with Crippen LogP contribution in [0.25, 0.3) is 0 Å². The maximum absolute atomic E-state index is 3.54. The number of benzene rings is 1. The van der Waals surface area contributed by atoms with Crippen LogP contribution >= 0.6 is 43.2 Å². The summed E-state index contributed by atoms with van der Waals surface area (Å²) in [6, 6.07) is 8.78. The fourth-order valence-electron chi connectivity index (χ4n) is 1.61. The summed E-state index contributed by atoms with van der Waals surface area (Å²) in [6.45, 7) is 4.30. The van der Waals surface area contributed by atoms with Gasteiger partial charge in [-0.05, 0) is 53.5 Å². The molecule has 1 heterocycles. The van der Waals surface area contributed by atoms with Crippen molar-refractivity contribution in [2.75, 3.05) is 5.32 Å². The highest BCUT2D eigenvalue weighted by Crippen LogP contribution is 2.29. The van der Waals surface area contributed by atoms with Gasteiger partial charge in [-0.3, -0.25) is 0 Å². The van der Waals surface area contributed by atoms with E-state index >= 15 is 0 Å². The van der Waals surface area contributed by atoms with Crippen LogP contribution in [0, 0.1) is 6.92 Å². The van der Waals surface area contributed by atoms with E-state index in [-0.39, 0.29) is 0 Å². The van der Waals surface area contributed by atoms with Gasteiger partial charge in [0.1, 0.15) is 0 Å². The Labute approximate surface area is 123 Å². The molecule has 0 bridgehead atoms. The Morgan fingerprint density at radius 1 is 1.18 bits per heavy atom. The van der Waals surface area contributed by atoms with Gasteiger partial charge in [-0.15, -0.1) is 11.3 Å². The first-order chi connectivity index (χ1) is 8.06. The minimum absolute atomic E-state index is 0.319. The molecule has 1 unspecified atom stereocenters. The van der Waals surface area contributed by atoms with Gasteiger partial charge >= 0.3 is 0 Å². The molecule has 0 saturated heterocycles. The van der Waals surface area contributed by atoms with E-state index in [0.717, 1.165) is 8.95 Å². The second-order valence-corrected chi connectivity index (χ2v) is 6.77. The first-order valence-corrected chi connectivity index (χ1v) is 7.79. The lowest BCUT2D eigenvalue weighted by Crippen LogP contribution is -2.05. The maximum Gasteiger partial charge on any atom is 0.0578 e. The summed E-state index contributed by atoms with van der Waals surface area (Å²) in [5, 5.41) is 5.65. The molecule has 4 heteroatoms. The summed E-state index contributed by atoms with van der Waals surface area (Å²) in [4.78, 5) is 1.33. The van der Waals surface area contributed by atoms with E-state index in [4.69, 9.17) is 0 Å². The Hall–Kier alpha value is -0.320. The molecule has 1 aromatic heterocycles. The normalized spacial score (nSPS) is 12.5. The molecule has 1 atom stereocenters. The lowest BCUT2D eigenvalue weighted by molar-refractivity contribution is 0.905. The van der Waals surface area contributed by atoms with Crippen molar-refractivity contribution < 1.29 is 0 Å². The second-order valence-electron chi connectivity index (χ2n) is 3.99. The number of halogens is 2. The number of hydrogen-bond donors (Lipinski definition) is 1. The van der Waals surface area contributed by atoms with E-state index < -0.39 is 0 Å². The van der Waals surface area contributed by atoms with Crippen molar-refractivity contribution in [3.8, 4) is 0 Å². The van der Waals surface area contributed by atoms with Gasteiger partial charge in [0.05, 0.1) is 6.04 Å². The molecule has 1 nitrogen and oxygen atoms in total. The fraction of sp³-hybridized carbons (Fsp3) is 0.231. The highest BCUT2D eigenvalue weighted by Gasteiger charge is 2.09. The Bertz CT molecular complexity index is 522. The summed E-state index contributed by atoms with van der Waals surface area (Å²) in [5.74, 6) is 0. The summed E-state index contributed by atoms with van der Waals surface area (Å²) >= 11 is 8.75. The number of aryl methyl sites for hydroxylation is 1. The summed E-state index contributed by atoms with van der Waals surface area (Å²) in [7, 11) is 0. The number of hydrogen-bond acceptors (Lipinski definition) is 2. The van der Waals surface area contributed by atoms with Crippen LogP contribution in [0.5, 0.6) is 0 Å². The largest absolute Gasteiger partial charge is 0.377 e. The lowest BCUT2D eigenvalue weighted by Gasteiger charge is -2.16. The molecule has 0 amide bonds. The zero-order valence-corrected chi connectivity index (χ0v) is 13.6. The molecule has 17 heavy (non-hydrogen) atoms. The molecule has 0 aliphatic heterocycles. The molecule has 1 N–H and O–H groups in total. The molecule has 0 aliphatic rings. The van der Waals surface area contributed by atoms with Crippen LogP contribution in [0.15, 0.2) is 38.6 Å². The molecule has 2 aromatic rings. The summed E-state index contributed by atoms with van der Waals surface area (Å²) < 4.78 is 2.25. The number of nitrogens with one attached hydrogen (secondary N) is 1. The molecule has 0 radical (unpaired) electrons. The van der Waals surface area contributed by atoms with Gasteiger partial charge in [-0.2, -0.15) is 0 Å². The van der Waals surface area contributed by atoms with Gasteiger partial charge in [0.15, 0.2) is 0 Å². The molecular weight excluding hydrogens is 362 g/mol. The number of anilines is 1. The van der Waals surface area contributed by atoms with E-state index in [1.807, 2.05) is 0 Å². The minimum atomic E-state index is 0.319. The Balaban J connectivity index is 2.18. The van der Waals surface area contributed by atoms with E-state index in [1.54, 1.807) is 11.3 Å². The minimum Gasteiger partial charge on any atom is -0.377 e. The second kappa shape index (κ2) is 5.55. The zero-order valence-electron chi connectivity index (χ0n) is 9.63. The van der Waals surface area contributed by atoms with Crippen LogP contribution in [-0.2, 0) is 0 Å². The molecule has 0 aliphatic carbocycles. The van der Waals surface area contributed by atoms with Crippen molar-refractivity contribution in [3.05, 3.63) is 49.0 Å². The molecular formula is C13H13Br2NS. The van der Waals surface area contributed by atoms with Gasteiger partial charge in [0.2, 0.25) is 0 Å². The van der Waals surface area contributed by atoms with Gasteiger partial charge in [0, 0.05) is 24.9 Å². The van der Waals surface area contributed by atoms with Crippen LogP contribution in [0.1, 0.15) is 23.4 Å². The maximum atomic E-state index is 3.54. The SMILES string of the molecule is Cc1ccc(Br)cc1NC(C)c1cc(Br)cs1. The van der Waals surface area contributed by atoms with Gasteiger partial charge in [-0.1, -0.05) is 22.0 Å². The highest BCUT2D eigenvalue weighted by molar-refractivity contribution is 9.10. The van der Waals surface area contributed by atoms with Crippen LogP contribution < -0.4 is 5.32 Å². The third-order valence-electron chi connectivity index (χ3n) is 2.59. The van der Waals surface area contributed by atoms with Crippen molar-refractivity contribution in [3.63, 3.8) is 0 Å². The summed E-state index contributed by atoms with van der Waals surface area (Å²) in [6.07, 6.45) is 0. The van der Waals surface area contributed by atoms with Crippen molar-refractivity contribution in [1.29, 1.82) is 0 Å². The Kier molecular flexibility index (Phi) is 4.28. The summed E-state index contributed by atoms with van der Waals surface area (Å²) in [5.41, 5.74) is 2.44. The van der Waals surface area contributed by atoms with Gasteiger partial charge in [0.25, 0.3) is 0 Å². The van der Waals surface area contributed by atoms with E-state index in [2.05, 4.69) is 80.7 Å². The van der Waals surface area contributed by atoms with Crippen molar-refractivity contribution in [2.24, 2.45) is 0 Å². The predicted molar refractivity (Wildman–Crippen MR) is 82.9 cm³/mol. The fourth-order valence-corrected chi connectivity index (χ4v) is 3.42. The zero-order chi connectivity index (χ0) is 12.4. The average molecular weight is 375 g/mol. The van der Waals surface area contributed by atoms with E-state index in [0.29, 0.717) is 6.04 Å². The first-order valence-electron chi connectivity index (χ1n) is 5.33. The van der Waals surface area contributed by atoms with Crippen LogP contribution in [0.4, 0.5) is 5.69 Å². The molecule has 0 spiro atoms. The third kappa shape index (κ3) is 3.33. The van der Waals surface area contributed by atoms with Crippen molar-refractivity contribution in [2.45, 2.75) is 19.9 Å². The lowest BCUT2D eigenvalue weighted by atomic mass is 10.2. The monoisotopic (exact) mass is 373 g/mol. The third-order valence-corrected chi connectivity index (χ3v) is 4.96. The molecule has 1 aromatic carbocycles. The molecule has 0 saturated carbocycles. The van der Waals surface area contributed by atoms with Crippen LogP contribution in [-0.4, -0.2) is 0 Å². The van der Waals surface area contributed by atoms with Gasteiger partial charge < -0.3 is 5.32 Å². The van der Waals surface area contributed by atoms with E-state index in [9.17, 15) is 0 Å². The van der Waals surface area contributed by atoms with Crippen molar-refractivity contribution in [1.82, 2.24) is 0 Å². The standard InChI is InChI=1S/C13H13Br2NS/c1-8-3-4-10(14)5-12(8)16-9(2)13-6-11(15)7-17-13/h3-7,9,16H,1-2H3. The smallest absolute Gasteiger partial charge is 0.0578 e. The topological polar surface area (TPSA) is 12.0 Å². The number of rotatable bonds is 3. The average Bonchev–Trinajstić information content (AvgIpc) is 2.70. The van der Waals surface area contributed by atoms with Gasteiger partial charge in [-0.25, -0.2) is 0 Å². The Morgan fingerprint density at radius 3 is 2.59 bits per heavy atom. The van der Waals surface area contributed by atoms with Crippen molar-refractivity contribution >= 4 is 48.9 Å².